The predicted octanol–water partition coefficient (Wildman–Crippen LogP) is 3.84. The number of phenols is 1. The van der Waals surface area contributed by atoms with Gasteiger partial charge in [0, 0.05) is 24.7 Å². The number of amides is 1. The van der Waals surface area contributed by atoms with E-state index in [2.05, 4.69) is 23.2 Å². The van der Waals surface area contributed by atoms with E-state index in [-0.39, 0.29) is 11.7 Å². The van der Waals surface area contributed by atoms with Crippen molar-refractivity contribution in [1.82, 2.24) is 10.2 Å². The maximum atomic E-state index is 12.0. The number of methoxy groups -OCH3 is 2. The SMILES string of the molecule is CCN(CCCCNC(=O)/C=C/c1ccc(O)c(OC)c1)Cc1ccccc1OC. The van der Waals surface area contributed by atoms with Gasteiger partial charge in [0.1, 0.15) is 5.75 Å². The fourth-order valence-corrected chi connectivity index (χ4v) is 3.12. The molecule has 0 unspecified atom stereocenters. The van der Waals surface area contributed by atoms with Crippen LogP contribution in [0.25, 0.3) is 6.08 Å². The van der Waals surface area contributed by atoms with Crippen LogP contribution in [0, 0.1) is 0 Å². The Kier molecular flexibility index (Phi) is 9.74. The second kappa shape index (κ2) is 12.5. The van der Waals surface area contributed by atoms with Crippen molar-refractivity contribution < 1.29 is 19.4 Å². The molecule has 162 valence electrons. The Bertz CT molecular complexity index is 836. The van der Waals surface area contributed by atoms with E-state index >= 15 is 0 Å². The number of aromatic hydroxyl groups is 1. The Balaban J connectivity index is 1.70. The molecular weight excluding hydrogens is 380 g/mol. The van der Waals surface area contributed by atoms with Crippen LogP contribution >= 0.6 is 0 Å². The molecule has 0 saturated heterocycles. The van der Waals surface area contributed by atoms with Crippen molar-refractivity contribution in [3.8, 4) is 17.2 Å². The minimum absolute atomic E-state index is 0.0749. The van der Waals surface area contributed by atoms with E-state index in [1.807, 2.05) is 18.2 Å². The second-order valence-electron chi connectivity index (χ2n) is 6.94. The molecule has 0 radical (unpaired) electrons. The molecular formula is C24H32N2O4. The predicted molar refractivity (Wildman–Crippen MR) is 120 cm³/mol. The first-order valence-corrected chi connectivity index (χ1v) is 10.2. The number of carbonyl (C=O) groups is 1. The summed E-state index contributed by atoms with van der Waals surface area (Å²) >= 11 is 0. The van der Waals surface area contributed by atoms with Crippen molar-refractivity contribution in [2.45, 2.75) is 26.3 Å². The zero-order valence-corrected chi connectivity index (χ0v) is 18.1. The Hall–Kier alpha value is -2.99. The monoisotopic (exact) mass is 412 g/mol. The normalized spacial score (nSPS) is 11.1. The van der Waals surface area contributed by atoms with Crippen LogP contribution in [-0.4, -0.2) is 49.8 Å². The lowest BCUT2D eigenvalue weighted by atomic mass is 10.1. The Labute approximate surface area is 179 Å². The highest BCUT2D eigenvalue weighted by atomic mass is 16.5. The summed E-state index contributed by atoms with van der Waals surface area (Å²) in [7, 11) is 3.19. The van der Waals surface area contributed by atoms with E-state index in [4.69, 9.17) is 9.47 Å². The fraction of sp³-hybridized carbons (Fsp3) is 0.375. The molecule has 0 aliphatic heterocycles. The summed E-state index contributed by atoms with van der Waals surface area (Å²) in [4.78, 5) is 14.4. The van der Waals surface area contributed by atoms with E-state index in [0.717, 1.165) is 43.8 Å². The molecule has 0 saturated carbocycles. The van der Waals surface area contributed by atoms with E-state index in [9.17, 15) is 9.90 Å². The van der Waals surface area contributed by atoms with Crippen molar-refractivity contribution in [2.75, 3.05) is 33.9 Å². The Morgan fingerprint density at radius 2 is 1.87 bits per heavy atom. The molecule has 6 heteroatoms. The lowest BCUT2D eigenvalue weighted by Crippen LogP contribution is -2.26. The van der Waals surface area contributed by atoms with Gasteiger partial charge < -0.3 is 19.9 Å². The van der Waals surface area contributed by atoms with Gasteiger partial charge in [-0.05, 0) is 55.8 Å². The van der Waals surface area contributed by atoms with E-state index in [0.29, 0.717) is 12.3 Å². The van der Waals surface area contributed by atoms with Gasteiger partial charge in [0.15, 0.2) is 11.5 Å². The minimum Gasteiger partial charge on any atom is -0.504 e. The summed E-state index contributed by atoms with van der Waals surface area (Å²) in [6.07, 6.45) is 5.10. The number of phenolic OH excluding ortho intramolecular Hbond substituents is 1. The minimum atomic E-state index is -0.136. The molecule has 0 fully saturated rings. The first-order valence-electron chi connectivity index (χ1n) is 10.2. The van der Waals surface area contributed by atoms with Gasteiger partial charge in [-0.3, -0.25) is 9.69 Å². The number of hydrogen-bond donors (Lipinski definition) is 2. The van der Waals surface area contributed by atoms with Crippen LogP contribution in [0.2, 0.25) is 0 Å². The zero-order chi connectivity index (χ0) is 21.8. The number of nitrogens with one attached hydrogen (secondary N) is 1. The van der Waals surface area contributed by atoms with Gasteiger partial charge in [0.2, 0.25) is 5.91 Å². The molecule has 2 aromatic rings. The van der Waals surface area contributed by atoms with Crippen LogP contribution in [0.1, 0.15) is 30.9 Å². The lowest BCUT2D eigenvalue weighted by molar-refractivity contribution is -0.116. The fourth-order valence-electron chi connectivity index (χ4n) is 3.12. The summed E-state index contributed by atoms with van der Waals surface area (Å²) in [5.41, 5.74) is 1.97. The summed E-state index contributed by atoms with van der Waals surface area (Å²) in [6, 6.07) is 13.0. The van der Waals surface area contributed by atoms with Crippen LogP contribution in [-0.2, 0) is 11.3 Å². The number of nitrogens with zero attached hydrogens (tertiary/aromatic N) is 1. The third kappa shape index (κ3) is 7.44. The summed E-state index contributed by atoms with van der Waals surface area (Å²) in [5, 5.41) is 12.5. The summed E-state index contributed by atoms with van der Waals surface area (Å²) in [5.74, 6) is 1.24. The summed E-state index contributed by atoms with van der Waals surface area (Å²) < 4.78 is 10.5. The van der Waals surface area contributed by atoms with Gasteiger partial charge in [-0.1, -0.05) is 31.2 Å². The summed E-state index contributed by atoms with van der Waals surface area (Å²) in [6.45, 7) is 5.57. The molecule has 0 aliphatic rings. The molecule has 6 nitrogen and oxygen atoms in total. The van der Waals surface area contributed by atoms with Crippen molar-refractivity contribution >= 4 is 12.0 Å². The highest BCUT2D eigenvalue weighted by molar-refractivity contribution is 5.91. The molecule has 0 bridgehead atoms. The van der Waals surface area contributed by atoms with Crippen molar-refractivity contribution in [3.63, 3.8) is 0 Å². The first-order chi connectivity index (χ1) is 14.6. The zero-order valence-electron chi connectivity index (χ0n) is 18.1. The molecule has 1 amide bonds. The third-order valence-corrected chi connectivity index (χ3v) is 4.86. The quantitative estimate of drug-likeness (QED) is 0.409. The largest absolute Gasteiger partial charge is 0.504 e. The number of para-hydroxylation sites is 1. The number of unbranched alkanes of at least 4 members (excludes halogenated alkanes) is 1. The highest BCUT2D eigenvalue weighted by Gasteiger charge is 2.08. The standard InChI is InChI=1S/C24H32N2O4/c1-4-26(18-20-9-5-6-10-22(20)29-2)16-8-7-15-25-24(28)14-12-19-11-13-21(27)23(17-19)30-3/h5-6,9-14,17,27H,4,7-8,15-16,18H2,1-3H3,(H,25,28)/b14-12+. The van der Waals surface area contributed by atoms with Gasteiger partial charge in [-0.25, -0.2) is 0 Å². The van der Waals surface area contributed by atoms with Gasteiger partial charge >= 0.3 is 0 Å². The molecule has 30 heavy (non-hydrogen) atoms. The van der Waals surface area contributed by atoms with Crippen LogP contribution in [0.3, 0.4) is 0 Å². The molecule has 2 N–H and O–H groups in total. The Morgan fingerprint density at radius 3 is 2.60 bits per heavy atom. The van der Waals surface area contributed by atoms with E-state index in [1.54, 1.807) is 31.4 Å². The molecule has 0 heterocycles. The van der Waals surface area contributed by atoms with Gasteiger partial charge in [0.05, 0.1) is 14.2 Å². The van der Waals surface area contributed by atoms with Gasteiger partial charge in [0.25, 0.3) is 0 Å². The molecule has 2 rings (SSSR count). The lowest BCUT2D eigenvalue weighted by Gasteiger charge is -2.21. The number of benzene rings is 2. The van der Waals surface area contributed by atoms with Crippen LogP contribution in [0.15, 0.2) is 48.5 Å². The van der Waals surface area contributed by atoms with Crippen molar-refractivity contribution in [1.29, 1.82) is 0 Å². The third-order valence-electron chi connectivity index (χ3n) is 4.86. The number of rotatable bonds is 12. The van der Waals surface area contributed by atoms with Crippen LogP contribution < -0.4 is 14.8 Å². The smallest absolute Gasteiger partial charge is 0.243 e. The number of carbonyl (C=O) groups excluding carboxylic acids is 1. The van der Waals surface area contributed by atoms with E-state index < -0.39 is 0 Å². The van der Waals surface area contributed by atoms with Crippen molar-refractivity contribution in [2.24, 2.45) is 0 Å². The number of ether oxygens (including phenoxy) is 2. The Morgan fingerprint density at radius 1 is 1.10 bits per heavy atom. The van der Waals surface area contributed by atoms with Crippen LogP contribution in [0.5, 0.6) is 17.2 Å². The molecule has 2 aromatic carbocycles. The second-order valence-corrected chi connectivity index (χ2v) is 6.94. The maximum Gasteiger partial charge on any atom is 0.243 e. The average Bonchev–Trinajstić information content (AvgIpc) is 2.77. The van der Waals surface area contributed by atoms with Crippen LogP contribution in [0.4, 0.5) is 0 Å². The molecule has 0 aromatic heterocycles. The van der Waals surface area contributed by atoms with E-state index in [1.165, 1.54) is 18.7 Å². The van der Waals surface area contributed by atoms with Gasteiger partial charge in [-0.15, -0.1) is 0 Å². The topological polar surface area (TPSA) is 71.0 Å². The molecule has 0 atom stereocenters. The van der Waals surface area contributed by atoms with Gasteiger partial charge in [-0.2, -0.15) is 0 Å². The number of hydrogen-bond acceptors (Lipinski definition) is 5. The molecule has 0 aliphatic carbocycles. The first kappa shape index (κ1) is 23.3. The highest BCUT2D eigenvalue weighted by Crippen LogP contribution is 2.26. The van der Waals surface area contributed by atoms with Crippen molar-refractivity contribution in [3.05, 3.63) is 59.7 Å². The molecule has 0 spiro atoms. The maximum absolute atomic E-state index is 12.0. The average molecular weight is 413 g/mol.